The molecule has 0 aliphatic heterocycles. The molecule has 0 bridgehead atoms. The Morgan fingerprint density at radius 2 is 1.81 bits per heavy atom. The Kier molecular flexibility index (Phi) is 3.62. The van der Waals surface area contributed by atoms with Gasteiger partial charge in [-0.15, -0.1) is 0 Å². The summed E-state index contributed by atoms with van der Waals surface area (Å²) in [6.07, 6.45) is 0. The van der Waals surface area contributed by atoms with Gasteiger partial charge in [-0.2, -0.15) is 0 Å². The molecule has 1 heterocycles. The number of H-pyrrole nitrogens is 1. The van der Waals surface area contributed by atoms with Gasteiger partial charge in [0.1, 0.15) is 5.69 Å². The fourth-order valence-electron chi connectivity index (χ4n) is 3.02. The summed E-state index contributed by atoms with van der Waals surface area (Å²) in [5.41, 5.74) is 1.86. The van der Waals surface area contributed by atoms with E-state index in [0.29, 0.717) is 22.3 Å². The van der Waals surface area contributed by atoms with Crippen LogP contribution >= 0.6 is 0 Å². The molecule has 0 amide bonds. The van der Waals surface area contributed by atoms with Gasteiger partial charge in [0, 0.05) is 30.4 Å². The highest BCUT2D eigenvalue weighted by Crippen LogP contribution is 2.29. The lowest BCUT2D eigenvalue weighted by molar-refractivity contribution is -0.384. The van der Waals surface area contributed by atoms with Crippen molar-refractivity contribution in [3.05, 3.63) is 75.1 Å². The number of hydrogen-bond acceptors (Lipinski definition) is 5. The molecular weight excluding hydrogens is 332 g/mol. The summed E-state index contributed by atoms with van der Waals surface area (Å²) in [7, 11) is 1.69. The second kappa shape index (κ2) is 5.96. The molecule has 0 unspecified atom stereocenters. The molecule has 26 heavy (non-hydrogen) atoms. The average molecular weight is 346 g/mol. The summed E-state index contributed by atoms with van der Waals surface area (Å²) in [5, 5.41) is 16.1. The number of anilines is 1. The van der Waals surface area contributed by atoms with E-state index in [1.807, 2.05) is 36.4 Å². The summed E-state index contributed by atoms with van der Waals surface area (Å²) in [4.78, 5) is 30.5. The standard InChI is InChI=1S/C19H14N4O3/c1-20-15-7-6-13(23(25)26)10-14(15)18-19(24)22-17-9-12-5-3-2-4-11(12)8-16(17)21-18/h2-10,20H,1H3,(H,22,24). The fourth-order valence-corrected chi connectivity index (χ4v) is 3.02. The van der Waals surface area contributed by atoms with Crippen LogP contribution in [0.2, 0.25) is 0 Å². The lowest BCUT2D eigenvalue weighted by atomic mass is 10.1. The van der Waals surface area contributed by atoms with E-state index in [-0.39, 0.29) is 11.4 Å². The fraction of sp³-hybridized carbons (Fsp3) is 0.0526. The topological polar surface area (TPSA) is 101 Å². The molecule has 0 radical (unpaired) electrons. The number of fused-ring (bicyclic) bond motifs is 2. The smallest absolute Gasteiger partial charge is 0.275 e. The third-order valence-electron chi connectivity index (χ3n) is 4.30. The van der Waals surface area contributed by atoms with E-state index in [2.05, 4.69) is 15.3 Å². The van der Waals surface area contributed by atoms with E-state index in [1.165, 1.54) is 12.1 Å². The number of aromatic nitrogens is 2. The third kappa shape index (κ3) is 2.55. The molecule has 0 saturated carbocycles. The first kappa shape index (κ1) is 15.8. The minimum absolute atomic E-state index is 0.0983. The van der Waals surface area contributed by atoms with Crippen molar-refractivity contribution in [3.8, 4) is 11.3 Å². The summed E-state index contributed by atoms with van der Waals surface area (Å²) in [6.45, 7) is 0. The van der Waals surface area contributed by atoms with Gasteiger partial charge in [0.25, 0.3) is 11.2 Å². The molecule has 0 fully saturated rings. The van der Waals surface area contributed by atoms with Gasteiger partial charge in [-0.1, -0.05) is 24.3 Å². The summed E-state index contributed by atoms with van der Waals surface area (Å²) < 4.78 is 0. The molecule has 3 aromatic carbocycles. The largest absolute Gasteiger partial charge is 0.388 e. The van der Waals surface area contributed by atoms with Gasteiger partial charge < -0.3 is 10.3 Å². The van der Waals surface area contributed by atoms with Crippen LogP contribution in [0.25, 0.3) is 33.1 Å². The van der Waals surface area contributed by atoms with Crippen LogP contribution in [-0.2, 0) is 0 Å². The minimum atomic E-state index is -0.494. The molecule has 4 rings (SSSR count). The number of nitro groups is 1. The van der Waals surface area contributed by atoms with Crippen LogP contribution in [0.1, 0.15) is 0 Å². The molecular formula is C19H14N4O3. The Morgan fingerprint density at radius 3 is 2.50 bits per heavy atom. The zero-order valence-corrected chi connectivity index (χ0v) is 13.8. The van der Waals surface area contributed by atoms with Gasteiger partial charge in [-0.3, -0.25) is 14.9 Å². The Hall–Kier alpha value is -3.74. The van der Waals surface area contributed by atoms with Crippen LogP contribution in [0.4, 0.5) is 11.4 Å². The van der Waals surface area contributed by atoms with Crippen molar-refractivity contribution >= 4 is 33.2 Å². The van der Waals surface area contributed by atoms with Crippen molar-refractivity contribution in [3.63, 3.8) is 0 Å². The van der Waals surface area contributed by atoms with Gasteiger partial charge >= 0.3 is 0 Å². The first-order valence-electron chi connectivity index (χ1n) is 7.96. The first-order chi connectivity index (χ1) is 12.6. The number of hydrogen-bond donors (Lipinski definition) is 2. The zero-order valence-electron chi connectivity index (χ0n) is 13.8. The number of benzene rings is 3. The molecule has 0 atom stereocenters. The Balaban J connectivity index is 2.01. The number of nitro benzene ring substituents is 1. The second-order valence-corrected chi connectivity index (χ2v) is 5.87. The molecule has 4 aromatic rings. The maximum absolute atomic E-state index is 12.6. The predicted molar refractivity (Wildman–Crippen MR) is 102 cm³/mol. The maximum Gasteiger partial charge on any atom is 0.275 e. The molecule has 0 aliphatic carbocycles. The van der Waals surface area contributed by atoms with Gasteiger partial charge in [-0.25, -0.2) is 4.98 Å². The Labute approximate surface area is 147 Å². The van der Waals surface area contributed by atoms with Crippen LogP contribution in [0, 0.1) is 10.1 Å². The van der Waals surface area contributed by atoms with Gasteiger partial charge in [-0.05, 0) is 29.0 Å². The first-order valence-corrected chi connectivity index (χ1v) is 7.96. The third-order valence-corrected chi connectivity index (χ3v) is 4.30. The summed E-state index contributed by atoms with van der Waals surface area (Å²) in [5.74, 6) is 0. The number of nitrogens with one attached hydrogen (secondary N) is 2. The molecule has 0 spiro atoms. The van der Waals surface area contributed by atoms with Crippen LogP contribution in [-0.4, -0.2) is 21.9 Å². The number of rotatable bonds is 3. The summed E-state index contributed by atoms with van der Waals surface area (Å²) >= 11 is 0. The number of non-ortho nitro benzene ring substituents is 1. The highest BCUT2D eigenvalue weighted by Gasteiger charge is 2.16. The Morgan fingerprint density at radius 1 is 1.08 bits per heavy atom. The number of aromatic amines is 1. The normalized spacial score (nSPS) is 11.0. The minimum Gasteiger partial charge on any atom is -0.388 e. The SMILES string of the molecule is CNc1ccc([N+](=O)[O-])cc1-c1nc2cc3ccccc3cc2[nH]c1=O. The van der Waals surface area contributed by atoms with Gasteiger partial charge in [0.2, 0.25) is 0 Å². The van der Waals surface area contributed by atoms with Crippen LogP contribution in [0.3, 0.4) is 0 Å². The molecule has 128 valence electrons. The van der Waals surface area contributed by atoms with E-state index >= 15 is 0 Å². The number of nitrogens with zero attached hydrogens (tertiary/aromatic N) is 2. The van der Waals surface area contributed by atoms with E-state index in [4.69, 9.17) is 0 Å². The van der Waals surface area contributed by atoms with E-state index in [9.17, 15) is 14.9 Å². The van der Waals surface area contributed by atoms with Crippen molar-refractivity contribution in [1.82, 2.24) is 9.97 Å². The van der Waals surface area contributed by atoms with Crippen molar-refractivity contribution in [2.45, 2.75) is 0 Å². The van der Waals surface area contributed by atoms with Crippen molar-refractivity contribution < 1.29 is 4.92 Å². The molecule has 7 nitrogen and oxygen atoms in total. The molecule has 0 aliphatic rings. The molecule has 1 aromatic heterocycles. The molecule has 0 saturated heterocycles. The van der Waals surface area contributed by atoms with Crippen molar-refractivity contribution in [2.24, 2.45) is 0 Å². The predicted octanol–water partition coefficient (Wildman–Crippen LogP) is 3.69. The highest BCUT2D eigenvalue weighted by molar-refractivity contribution is 5.95. The molecule has 2 N–H and O–H groups in total. The average Bonchev–Trinajstić information content (AvgIpc) is 2.65. The van der Waals surface area contributed by atoms with Crippen molar-refractivity contribution in [1.29, 1.82) is 0 Å². The molecule has 7 heteroatoms. The van der Waals surface area contributed by atoms with Crippen molar-refractivity contribution in [2.75, 3.05) is 12.4 Å². The monoisotopic (exact) mass is 346 g/mol. The van der Waals surface area contributed by atoms with Gasteiger partial charge in [0.15, 0.2) is 0 Å². The lowest BCUT2D eigenvalue weighted by Crippen LogP contribution is -2.12. The highest BCUT2D eigenvalue weighted by atomic mass is 16.6. The lowest BCUT2D eigenvalue weighted by Gasteiger charge is -2.09. The van der Waals surface area contributed by atoms with Crippen LogP contribution in [0.5, 0.6) is 0 Å². The quantitative estimate of drug-likeness (QED) is 0.335. The maximum atomic E-state index is 12.6. The van der Waals surface area contributed by atoms with Crippen LogP contribution < -0.4 is 10.9 Å². The van der Waals surface area contributed by atoms with E-state index in [0.717, 1.165) is 10.8 Å². The summed E-state index contributed by atoms with van der Waals surface area (Å²) in [6, 6.07) is 15.9. The zero-order chi connectivity index (χ0) is 18.3. The van der Waals surface area contributed by atoms with E-state index in [1.54, 1.807) is 13.1 Å². The van der Waals surface area contributed by atoms with E-state index < -0.39 is 10.5 Å². The Bertz CT molecular complexity index is 1230. The van der Waals surface area contributed by atoms with Gasteiger partial charge in [0.05, 0.1) is 16.0 Å². The second-order valence-electron chi connectivity index (χ2n) is 5.87. The van der Waals surface area contributed by atoms with Crippen LogP contribution in [0.15, 0.2) is 59.4 Å².